The molecule has 0 aliphatic carbocycles. The molecule has 0 unspecified atom stereocenters. The number of fused-ring (bicyclic) bond motifs is 1. The first-order valence-corrected chi connectivity index (χ1v) is 9.56. The summed E-state index contributed by atoms with van der Waals surface area (Å²) in [6.45, 7) is -0.617. The Balaban J connectivity index is 1.60. The SMILES string of the molecule is Nc1ncnc2c1ccn2[C@@H]1O[C@H]([C@H](O)c2ccc(Cl)c(OCC(=O)O)c2)[C@@H](O)[C@H]1O. The van der Waals surface area contributed by atoms with Crippen molar-refractivity contribution in [1.29, 1.82) is 0 Å². The van der Waals surface area contributed by atoms with Crippen LogP contribution >= 0.6 is 11.6 Å². The number of hydrogen-bond acceptors (Lipinski definition) is 9. The molecule has 0 amide bonds. The van der Waals surface area contributed by atoms with Gasteiger partial charge < -0.3 is 40.2 Å². The number of nitrogen functional groups attached to an aromatic ring is 1. The fourth-order valence-electron chi connectivity index (χ4n) is 3.52. The molecule has 1 aliphatic rings. The van der Waals surface area contributed by atoms with Crippen LogP contribution in [0.2, 0.25) is 5.02 Å². The van der Waals surface area contributed by atoms with Gasteiger partial charge in [-0.2, -0.15) is 0 Å². The van der Waals surface area contributed by atoms with Gasteiger partial charge in [-0.05, 0) is 23.8 Å². The van der Waals surface area contributed by atoms with E-state index in [2.05, 4.69) is 9.97 Å². The number of aliphatic hydroxyl groups excluding tert-OH is 3. The monoisotopic (exact) mass is 450 g/mol. The van der Waals surface area contributed by atoms with Crippen LogP contribution in [-0.4, -0.2) is 65.8 Å². The van der Waals surface area contributed by atoms with Crippen LogP contribution in [0.25, 0.3) is 11.0 Å². The number of nitrogens with zero attached hydrogens (tertiary/aromatic N) is 3. The molecule has 11 nitrogen and oxygen atoms in total. The average molecular weight is 451 g/mol. The van der Waals surface area contributed by atoms with Crippen LogP contribution in [0.15, 0.2) is 36.8 Å². The van der Waals surface area contributed by atoms with E-state index < -0.39 is 43.2 Å². The van der Waals surface area contributed by atoms with Gasteiger partial charge in [0.15, 0.2) is 12.8 Å². The minimum Gasteiger partial charge on any atom is -0.480 e. The number of carboxylic acids is 1. The molecule has 2 aromatic heterocycles. The minimum absolute atomic E-state index is 0.0498. The molecule has 6 N–H and O–H groups in total. The zero-order valence-electron chi connectivity index (χ0n) is 15.9. The van der Waals surface area contributed by atoms with E-state index in [4.69, 9.17) is 31.9 Å². The third kappa shape index (κ3) is 3.89. The average Bonchev–Trinajstić information content (AvgIpc) is 3.29. The van der Waals surface area contributed by atoms with E-state index >= 15 is 0 Å². The predicted octanol–water partition coefficient (Wildman–Crippen LogP) is 0.483. The molecule has 1 aromatic carbocycles. The number of ether oxygens (including phenoxy) is 2. The van der Waals surface area contributed by atoms with Crippen molar-refractivity contribution in [3.63, 3.8) is 0 Å². The molecule has 0 bridgehead atoms. The molecule has 31 heavy (non-hydrogen) atoms. The molecular weight excluding hydrogens is 432 g/mol. The predicted molar refractivity (Wildman–Crippen MR) is 107 cm³/mol. The number of aliphatic hydroxyl groups is 3. The number of anilines is 1. The third-order valence-corrected chi connectivity index (χ3v) is 5.36. The Morgan fingerprint density at radius 2 is 2.06 bits per heavy atom. The van der Waals surface area contributed by atoms with Crippen molar-refractivity contribution in [3.8, 4) is 5.75 Å². The summed E-state index contributed by atoms with van der Waals surface area (Å²) in [6.07, 6.45) is -3.57. The highest BCUT2D eigenvalue weighted by atomic mass is 35.5. The highest BCUT2D eigenvalue weighted by Crippen LogP contribution is 2.39. The Bertz CT molecular complexity index is 1120. The highest BCUT2D eigenvalue weighted by Gasteiger charge is 2.47. The topological polar surface area (TPSA) is 173 Å². The number of carbonyl (C=O) groups is 1. The summed E-state index contributed by atoms with van der Waals surface area (Å²) in [6, 6.07) is 5.91. The lowest BCUT2D eigenvalue weighted by Crippen LogP contribution is -2.34. The van der Waals surface area contributed by atoms with Gasteiger partial charge in [-0.15, -0.1) is 0 Å². The van der Waals surface area contributed by atoms with Crippen LogP contribution in [0, 0.1) is 0 Å². The van der Waals surface area contributed by atoms with Crippen LogP contribution in [0.3, 0.4) is 0 Å². The van der Waals surface area contributed by atoms with Crippen molar-refractivity contribution in [1.82, 2.24) is 14.5 Å². The molecule has 3 heterocycles. The van der Waals surface area contributed by atoms with E-state index in [0.717, 1.165) is 0 Å². The summed E-state index contributed by atoms with van der Waals surface area (Å²) in [5, 5.41) is 41.4. The standard InChI is InChI=1S/C19H19ClN4O7/c20-10-2-1-8(5-11(10)30-6-12(25)26)13(27)16-14(28)15(29)19(31-16)24-4-3-9-17(21)22-7-23-18(9)24/h1-5,7,13-16,19,27-29H,6H2,(H,25,26)(H2,21,22,23)/t13-,14+,15-,16-,19-/m1/s1. The van der Waals surface area contributed by atoms with E-state index in [9.17, 15) is 20.1 Å². The molecule has 0 saturated carbocycles. The van der Waals surface area contributed by atoms with E-state index in [0.29, 0.717) is 11.0 Å². The Morgan fingerprint density at radius 3 is 2.81 bits per heavy atom. The van der Waals surface area contributed by atoms with E-state index in [1.165, 1.54) is 29.1 Å². The number of nitrogens with two attached hydrogens (primary N) is 1. The Labute approximate surface area is 180 Å². The number of carboxylic acid groups (broad SMARTS) is 1. The van der Waals surface area contributed by atoms with Gasteiger partial charge in [0.1, 0.15) is 48.0 Å². The summed E-state index contributed by atoms with van der Waals surface area (Å²) in [5.41, 5.74) is 6.49. The summed E-state index contributed by atoms with van der Waals surface area (Å²) in [7, 11) is 0. The first-order chi connectivity index (χ1) is 14.8. The van der Waals surface area contributed by atoms with E-state index in [-0.39, 0.29) is 22.2 Å². The second-order valence-electron chi connectivity index (χ2n) is 7.01. The zero-order valence-corrected chi connectivity index (χ0v) is 16.6. The number of aromatic nitrogens is 3. The van der Waals surface area contributed by atoms with Gasteiger partial charge >= 0.3 is 5.97 Å². The lowest BCUT2D eigenvalue weighted by atomic mass is 9.99. The lowest BCUT2D eigenvalue weighted by Gasteiger charge is -2.22. The molecule has 0 spiro atoms. The first-order valence-electron chi connectivity index (χ1n) is 9.18. The van der Waals surface area contributed by atoms with E-state index in [1.54, 1.807) is 12.3 Å². The second kappa shape index (κ2) is 8.29. The van der Waals surface area contributed by atoms with Gasteiger partial charge in [-0.25, -0.2) is 14.8 Å². The molecule has 0 radical (unpaired) electrons. The zero-order chi connectivity index (χ0) is 22.3. The maximum absolute atomic E-state index is 10.8. The van der Waals surface area contributed by atoms with Crippen LogP contribution in [-0.2, 0) is 9.53 Å². The largest absolute Gasteiger partial charge is 0.480 e. The molecule has 4 rings (SSSR count). The van der Waals surface area contributed by atoms with Crippen molar-refractivity contribution in [2.75, 3.05) is 12.3 Å². The molecule has 164 valence electrons. The Kier molecular flexibility index (Phi) is 5.69. The first kappa shape index (κ1) is 21.3. The number of halogens is 1. The van der Waals surface area contributed by atoms with Crippen LogP contribution in [0.5, 0.6) is 5.75 Å². The fraction of sp³-hybridized carbons (Fsp3) is 0.316. The van der Waals surface area contributed by atoms with Gasteiger partial charge in [0.2, 0.25) is 0 Å². The van der Waals surface area contributed by atoms with Crippen LogP contribution in [0.1, 0.15) is 17.9 Å². The second-order valence-corrected chi connectivity index (χ2v) is 7.42. The summed E-state index contributed by atoms with van der Waals surface area (Å²) < 4.78 is 12.4. The van der Waals surface area contributed by atoms with Crippen molar-refractivity contribution in [2.24, 2.45) is 0 Å². The Morgan fingerprint density at radius 1 is 1.29 bits per heavy atom. The quantitative estimate of drug-likeness (QED) is 0.355. The smallest absolute Gasteiger partial charge is 0.341 e. The van der Waals surface area contributed by atoms with Crippen molar-refractivity contribution in [3.05, 3.63) is 47.4 Å². The summed E-state index contributed by atoms with van der Waals surface area (Å²) >= 11 is 6.01. The molecule has 1 aliphatic heterocycles. The fourth-order valence-corrected chi connectivity index (χ4v) is 3.69. The van der Waals surface area contributed by atoms with Crippen LogP contribution in [0.4, 0.5) is 5.82 Å². The van der Waals surface area contributed by atoms with Gasteiger partial charge in [-0.3, -0.25) is 0 Å². The maximum Gasteiger partial charge on any atom is 0.341 e. The number of rotatable bonds is 6. The van der Waals surface area contributed by atoms with E-state index in [1.807, 2.05) is 0 Å². The molecule has 3 aromatic rings. The molecule has 1 saturated heterocycles. The highest BCUT2D eigenvalue weighted by molar-refractivity contribution is 6.32. The molecule has 12 heteroatoms. The van der Waals surface area contributed by atoms with Crippen molar-refractivity contribution < 1.29 is 34.7 Å². The normalized spacial score (nSPS) is 24.4. The van der Waals surface area contributed by atoms with Crippen molar-refractivity contribution >= 4 is 34.4 Å². The number of hydrogen-bond donors (Lipinski definition) is 5. The number of aliphatic carboxylic acids is 1. The van der Waals surface area contributed by atoms with Gasteiger partial charge in [0.05, 0.1) is 10.4 Å². The van der Waals surface area contributed by atoms with Gasteiger partial charge in [0, 0.05) is 6.20 Å². The molecule has 5 atom stereocenters. The van der Waals surface area contributed by atoms with Crippen LogP contribution < -0.4 is 10.5 Å². The molecular formula is C19H19ClN4O7. The number of benzene rings is 1. The third-order valence-electron chi connectivity index (χ3n) is 5.05. The lowest BCUT2D eigenvalue weighted by molar-refractivity contribution is -0.139. The summed E-state index contributed by atoms with van der Waals surface area (Å²) in [4.78, 5) is 18.8. The van der Waals surface area contributed by atoms with Gasteiger partial charge in [-0.1, -0.05) is 17.7 Å². The van der Waals surface area contributed by atoms with Crippen molar-refractivity contribution in [2.45, 2.75) is 30.6 Å². The summed E-state index contributed by atoms with van der Waals surface area (Å²) in [5.74, 6) is -0.886. The maximum atomic E-state index is 10.8. The minimum atomic E-state index is -1.43. The van der Waals surface area contributed by atoms with Gasteiger partial charge in [0.25, 0.3) is 0 Å². The Hall–Kier alpha value is -2.96. The molecule has 1 fully saturated rings.